The normalized spacial score (nSPS) is 11.6. The Bertz CT molecular complexity index is 838. The van der Waals surface area contributed by atoms with Gasteiger partial charge in [0.25, 0.3) is 0 Å². The van der Waals surface area contributed by atoms with Crippen molar-refractivity contribution in [3.05, 3.63) is 63.8 Å². The minimum Gasteiger partial charge on any atom is -0.277 e. The highest BCUT2D eigenvalue weighted by Crippen LogP contribution is 2.24. The Balaban J connectivity index is 2.04. The minimum absolute atomic E-state index is 0.987. The third-order valence-electron chi connectivity index (χ3n) is 4.44. The quantitative estimate of drug-likeness (QED) is 0.703. The Kier molecular flexibility index (Phi) is 3.38. The van der Waals surface area contributed by atoms with Crippen LogP contribution in [0.25, 0.3) is 23.1 Å². The van der Waals surface area contributed by atoms with Crippen LogP contribution in [0.1, 0.15) is 33.5 Å². The van der Waals surface area contributed by atoms with Gasteiger partial charge in [0, 0.05) is 5.39 Å². The average Bonchev–Trinajstić information content (AvgIpc) is 2.91. The predicted octanol–water partition coefficient (Wildman–Crippen LogP) is 4.97. The first-order valence-corrected chi connectivity index (χ1v) is 7.26. The van der Waals surface area contributed by atoms with Crippen LogP contribution >= 0.6 is 0 Å². The third-order valence-corrected chi connectivity index (χ3v) is 4.44. The van der Waals surface area contributed by atoms with Crippen LogP contribution < -0.4 is 0 Å². The first-order valence-electron chi connectivity index (χ1n) is 7.26. The highest BCUT2D eigenvalue weighted by Gasteiger charge is 2.06. The second-order valence-corrected chi connectivity index (χ2v) is 5.65. The lowest BCUT2D eigenvalue weighted by atomic mass is 9.94. The summed E-state index contributed by atoms with van der Waals surface area (Å²) in [7, 11) is 0. The zero-order chi connectivity index (χ0) is 15.0. The summed E-state index contributed by atoms with van der Waals surface area (Å²) >= 11 is 0. The van der Waals surface area contributed by atoms with E-state index < -0.39 is 0 Å². The molecule has 0 aliphatic heterocycles. The summed E-state index contributed by atoms with van der Waals surface area (Å²) in [6, 6.07) is 10.5. The molecule has 2 heteroatoms. The van der Waals surface area contributed by atoms with E-state index in [0.717, 1.165) is 16.6 Å². The first kappa shape index (κ1) is 13.6. The van der Waals surface area contributed by atoms with Crippen molar-refractivity contribution >= 4 is 23.1 Å². The molecule has 0 atom stereocenters. The summed E-state index contributed by atoms with van der Waals surface area (Å²) < 4.78 is 0. The van der Waals surface area contributed by atoms with Gasteiger partial charge in [0.15, 0.2) is 0 Å². The Hall–Kier alpha value is -2.35. The number of nitrogens with zero attached hydrogens (tertiary/aromatic N) is 1. The van der Waals surface area contributed by atoms with Crippen LogP contribution in [0.2, 0.25) is 0 Å². The second kappa shape index (κ2) is 5.21. The molecule has 0 radical (unpaired) electrons. The van der Waals surface area contributed by atoms with Gasteiger partial charge in [-0.3, -0.25) is 5.10 Å². The molecular weight excluding hydrogens is 256 g/mol. The maximum atomic E-state index is 4.39. The summed E-state index contributed by atoms with van der Waals surface area (Å²) in [5, 5.41) is 8.62. The molecule has 106 valence electrons. The lowest BCUT2D eigenvalue weighted by Crippen LogP contribution is -1.93. The van der Waals surface area contributed by atoms with Gasteiger partial charge in [0.1, 0.15) is 0 Å². The molecule has 2 aromatic carbocycles. The molecule has 1 N–H and O–H groups in total. The lowest BCUT2D eigenvalue weighted by molar-refractivity contribution is 1.11. The van der Waals surface area contributed by atoms with E-state index >= 15 is 0 Å². The molecule has 0 aliphatic rings. The maximum Gasteiger partial charge on any atom is 0.0927 e. The molecule has 0 amide bonds. The fourth-order valence-corrected chi connectivity index (χ4v) is 2.70. The van der Waals surface area contributed by atoms with Crippen LogP contribution in [0.4, 0.5) is 0 Å². The van der Waals surface area contributed by atoms with E-state index in [-0.39, 0.29) is 0 Å². The van der Waals surface area contributed by atoms with Crippen molar-refractivity contribution in [2.75, 3.05) is 0 Å². The van der Waals surface area contributed by atoms with Crippen LogP contribution in [0.15, 0.2) is 30.3 Å². The van der Waals surface area contributed by atoms with Crippen molar-refractivity contribution in [2.24, 2.45) is 0 Å². The van der Waals surface area contributed by atoms with E-state index in [0.29, 0.717) is 0 Å². The molecule has 0 bridgehead atoms. The number of aryl methyl sites for hydroxylation is 1. The van der Waals surface area contributed by atoms with Gasteiger partial charge in [0.05, 0.1) is 11.2 Å². The Morgan fingerprint density at radius 3 is 2.48 bits per heavy atom. The van der Waals surface area contributed by atoms with Gasteiger partial charge in [-0.15, -0.1) is 0 Å². The SMILES string of the molecule is Cc1cc(/C=C/c2n[nH]c3ccccc23)c(C)c(C)c1C. The molecule has 21 heavy (non-hydrogen) atoms. The molecule has 0 aliphatic carbocycles. The molecule has 3 aromatic rings. The maximum absolute atomic E-state index is 4.39. The van der Waals surface area contributed by atoms with E-state index in [2.05, 4.69) is 62.2 Å². The fourth-order valence-electron chi connectivity index (χ4n) is 2.70. The molecule has 0 spiro atoms. The fraction of sp³-hybridized carbons (Fsp3) is 0.211. The largest absolute Gasteiger partial charge is 0.277 e. The van der Waals surface area contributed by atoms with E-state index in [1.807, 2.05) is 18.2 Å². The number of H-pyrrole nitrogens is 1. The number of fused-ring (bicyclic) bond motifs is 1. The van der Waals surface area contributed by atoms with Crippen molar-refractivity contribution in [1.29, 1.82) is 0 Å². The van der Waals surface area contributed by atoms with Crippen molar-refractivity contribution < 1.29 is 0 Å². The number of nitrogens with one attached hydrogen (secondary N) is 1. The van der Waals surface area contributed by atoms with Gasteiger partial charge in [-0.05, 0) is 67.7 Å². The Morgan fingerprint density at radius 1 is 0.905 bits per heavy atom. The molecule has 0 saturated heterocycles. The minimum atomic E-state index is 0.987. The van der Waals surface area contributed by atoms with Gasteiger partial charge in [-0.2, -0.15) is 5.10 Å². The molecular formula is C19H20N2. The average molecular weight is 276 g/mol. The summed E-state index contributed by atoms with van der Waals surface area (Å²) in [5.74, 6) is 0. The number of benzene rings is 2. The smallest absolute Gasteiger partial charge is 0.0927 e. The van der Waals surface area contributed by atoms with Gasteiger partial charge in [-0.1, -0.05) is 30.3 Å². The predicted molar refractivity (Wildman–Crippen MR) is 90.4 cm³/mol. The third kappa shape index (κ3) is 2.38. The summed E-state index contributed by atoms with van der Waals surface area (Å²) in [6.45, 7) is 8.73. The zero-order valence-electron chi connectivity index (χ0n) is 13.0. The molecule has 0 fully saturated rings. The summed E-state index contributed by atoms with van der Waals surface area (Å²) in [5.41, 5.74) is 8.77. The summed E-state index contributed by atoms with van der Waals surface area (Å²) in [4.78, 5) is 0. The van der Waals surface area contributed by atoms with Crippen LogP contribution in [-0.4, -0.2) is 10.2 Å². The van der Waals surface area contributed by atoms with Crippen LogP contribution in [-0.2, 0) is 0 Å². The van der Waals surface area contributed by atoms with Crippen molar-refractivity contribution in [3.8, 4) is 0 Å². The molecule has 2 nitrogen and oxygen atoms in total. The van der Waals surface area contributed by atoms with Crippen LogP contribution in [0.3, 0.4) is 0 Å². The zero-order valence-corrected chi connectivity index (χ0v) is 13.0. The van der Waals surface area contributed by atoms with Crippen molar-refractivity contribution in [1.82, 2.24) is 10.2 Å². The standard InChI is InChI=1S/C19H20N2/c1-12-11-16(15(4)14(3)13(12)2)9-10-19-17-7-5-6-8-18(17)20-21-19/h5-11H,1-4H3,(H,20,21)/b10-9+. The molecule has 0 unspecified atom stereocenters. The number of para-hydroxylation sites is 1. The first-order chi connectivity index (χ1) is 10.1. The highest BCUT2D eigenvalue weighted by atomic mass is 15.1. The topological polar surface area (TPSA) is 28.7 Å². The number of hydrogen-bond acceptors (Lipinski definition) is 1. The van der Waals surface area contributed by atoms with E-state index in [1.165, 1.54) is 27.8 Å². The lowest BCUT2D eigenvalue weighted by Gasteiger charge is -2.11. The second-order valence-electron chi connectivity index (χ2n) is 5.65. The summed E-state index contributed by atoms with van der Waals surface area (Å²) in [6.07, 6.45) is 4.26. The van der Waals surface area contributed by atoms with Gasteiger partial charge >= 0.3 is 0 Å². The van der Waals surface area contributed by atoms with E-state index in [4.69, 9.17) is 0 Å². The number of aromatic nitrogens is 2. The number of hydrogen-bond donors (Lipinski definition) is 1. The molecule has 1 aromatic heterocycles. The Morgan fingerprint density at radius 2 is 1.67 bits per heavy atom. The number of aromatic amines is 1. The van der Waals surface area contributed by atoms with Gasteiger partial charge in [-0.25, -0.2) is 0 Å². The molecule has 0 saturated carbocycles. The van der Waals surface area contributed by atoms with E-state index in [1.54, 1.807) is 0 Å². The molecule has 3 rings (SSSR count). The van der Waals surface area contributed by atoms with Crippen LogP contribution in [0.5, 0.6) is 0 Å². The van der Waals surface area contributed by atoms with Crippen molar-refractivity contribution in [2.45, 2.75) is 27.7 Å². The van der Waals surface area contributed by atoms with Gasteiger partial charge in [0.2, 0.25) is 0 Å². The number of rotatable bonds is 2. The molecule has 1 heterocycles. The van der Waals surface area contributed by atoms with E-state index in [9.17, 15) is 0 Å². The van der Waals surface area contributed by atoms with Crippen LogP contribution in [0, 0.1) is 27.7 Å². The Labute approximate surface area is 125 Å². The highest BCUT2D eigenvalue weighted by molar-refractivity contribution is 5.89. The van der Waals surface area contributed by atoms with Crippen molar-refractivity contribution in [3.63, 3.8) is 0 Å². The monoisotopic (exact) mass is 276 g/mol. The van der Waals surface area contributed by atoms with Gasteiger partial charge < -0.3 is 0 Å².